The van der Waals surface area contributed by atoms with Crippen LogP contribution in [0.25, 0.3) is 0 Å². The van der Waals surface area contributed by atoms with E-state index in [4.69, 9.17) is 4.74 Å². The number of nitrogens with zero attached hydrogens (tertiary/aromatic N) is 2. The van der Waals surface area contributed by atoms with Crippen LogP contribution in [0.1, 0.15) is 41.3 Å². The molecule has 1 heterocycles. The molecular formula is C19H29IN4OS. The van der Waals surface area contributed by atoms with Crippen molar-refractivity contribution >= 4 is 41.3 Å². The van der Waals surface area contributed by atoms with Crippen molar-refractivity contribution in [1.29, 1.82) is 0 Å². The number of nitrogens with one attached hydrogen (secondary N) is 2. The SMILES string of the molecule is CCC(C)Oc1cc(C)ccc1CNC(=NC)NCc1cnc(C)s1.I. The maximum absolute atomic E-state index is 6.07. The highest BCUT2D eigenvalue weighted by atomic mass is 127. The zero-order valence-corrected chi connectivity index (χ0v) is 19.3. The molecule has 0 aliphatic heterocycles. The van der Waals surface area contributed by atoms with Gasteiger partial charge in [-0.1, -0.05) is 19.1 Å². The molecule has 0 saturated heterocycles. The van der Waals surface area contributed by atoms with E-state index in [1.54, 1.807) is 18.4 Å². The zero-order chi connectivity index (χ0) is 18.2. The predicted octanol–water partition coefficient (Wildman–Crippen LogP) is 4.42. The van der Waals surface area contributed by atoms with Crippen LogP contribution in [-0.4, -0.2) is 24.1 Å². The number of aromatic nitrogens is 1. The van der Waals surface area contributed by atoms with Crippen LogP contribution in [-0.2, 0) is 13.1 Å². The summed E-state index contributed by atoms with van der Waals surface area (Å²) in [6.45, 7) is 9.70. The minimum Gasteiger partial charge on any atom is -0.490 e. The summed E-state index contributed by atoms with van der Waals surface area (Å²) in [5.41, 5.74) is 2.33. The van der Waals surface area contributed by atoms with Crippen molar-refractivity contribution in [2.45, 2.75) is 53.3 Å². The van der Waals surface area contributed by atoms with Gasteiger partial charge in [0, 0.05) is 30.2 Å². The van der Waals surface area contributed by atoms with E-state index in [1.807, 2.05) is 13.1 Å². The van der Waals surface area contributed by atoms with Crippen LogP contribution in [0.15, 0.2) is 29.4 Å². The van der Waals surface area contributed by atoms with E-state index >= 15 is 0 Å². The van der Waals surface area contributed by atoms with Crippen LogP contribution in [0.2, 0.25) is 0 Å². The van der Waals surface area contributed by atoms with Crippen molar-refractivity contribution in [3.05, 3.63) is 45.4 Å². The average molecular weight is 488 g/mol. The van der Waals surface area contributed by atoms with E-state index in [0.717, 1.165) is 35.2 Å². The molecule has 5 nitrogen and oxygen atoms in total. The standard InChI is InChI=1S/C19H28N4OS.HI/c1-6-14(3)24-18-9-13(2)7-8-16(18)10-22-19(20-5)23-12-17-11-21-15(4)25-17;/h7-9,11,14H,6,10,12H2,1-5H3,(H2,20,22,23);1H. The van der Waals surface area contributed by atoms with Gasteiger partial charge in [0.1, 0.15) is 5.75 Å². The molecular weight excluding hydrogens is 459 g/mol. The quantitative estimate of drug-likeness (QED) is 0.344. The van der Waals surface area contributed by atoms with Gasteiger partial charge in [-0.25, -0.2) is 4.98 Å². The number of rotatable bonds is 7. The van der Waals surface area contributed by atoms with E-state index in [0.29, 0.717) is 6.54 Å². The number of halogens is 1. The highest BCUT2D eigenvalue weighted by Gasteiger charge is 2.09. The first-order chi connectivity index (χ1) is 12.0. The van der Waals surface area contributed by atoms with Crippen molar-refractivity contribution < 1.29 is 4.74 Å². The molecule has 0 bridgehead atoms. The summed E-state index contributed by atoms with van der Waals surface area (Å²) >= 11 is 1.69. The molecule has 1 aromatic carbocycles. The van der Waals surface area contributed by atoms with Crippen molar-refractivity contribution in [2.24, 2.45) is 4.99 Å². The maximum Gasteiger partial charge on any atom is 0.191 e. The number of hydrogen-bond donors (Lipinski definition) is 2. The summed E-state index contributed by atoms with van der Waals surface area (Å²) in [6, 6.07) is 6.32. The minimum atomic E-state index is 0. The van der Waals surface area contributed by atoms with E-state index in [9.17, 15) is 0 Å². The summed E-state index contributed by atoms with van der Waals surface area (Å²) in [5, 5.41) is 7.75. The van der Waals surface area contributed by atoms with Crippen LogP contribution in [0, 0.1) is 13.8 Å². The number of aryl methyl sites for hydroxylation is 2. The number of guanidine groups is 1. The molecule has 26 heavy (non-hydrogen) atoms. The molecule has 0 radical (unpaired) electrons. The number of ether oxygens (including phenoxy) is 1. The molecule has 0 amide bonds. The van der Waals surface area contributed by atoms with Crippen LogP contribution in [0.5, 0.6) is 5.75 Å². The first-order valence-corrected chi connectivity index (χ1v) is 9.45. The third-order valence-corrected chi connectivity index (χ3v) is 4.81. The molecule has 1 unspecified atom stereocenters. The van der Waals surface area contributed by atoms with Gasteiger partial charge in [-0.3, -0.25) is 4.99 Å². The third kappa shape index (κ3) is 7.11. The summed E-state index contributed by atoms with van der Waals surface area (Å²) in [6.07, 6.45) is 3.09. The maximum atomic E-state index is 6.07. The highest BCUT2D eigenvalue weighted by Crippen LogP contribution is 2.22. The second-order valence-electron chi connectivity index (χ2n) is 6.07. The normalized spacial score (nSPS) is 12.3. The van der Waals surface area contributed by atoms with Gasteiger partial charge in [-0.2, -0.15) is 0 Å². The number of aliphatic imine (C=N–C) groups is 1. The fourth-order valence-electron chi connectivity index (χ4n) is 2.28. The number of thiazole rings is 1. The van der Waals surface area contributed by atoms with Crippen molar-refractivity contribution in [3.63, 3.8) is 0 Å². The van der Waals surface area contributed by atoms with Gasteiger partial charge in [0.2, 0.25) is 0 Å². The van der Waals surface area contributed by atoms with Crippen LogP contribution in [0.4, 0.5) is 0 Å². The van der Waals surface area contributed by atoms with Gasteiger partial charge < -0.3 is 15.4 Å². The lowest BCUT2D eigenvalue weighted by molar-refractivity contribution is 0.215. The Morgan fingerprint density at radius 3 is 2.62 bits per heavy atom. The van der Waals surface area contributed by atoms with Gasteiger partial charge in [0.05, 0.1) is 17.7 Å². The highest BCUT2D eigenvalue weighted by molar-refractivity contribution is 14.0. The van der Waals surface area contributed by atoms with E-state index in [1.165, 1.54) is 10.4 Å². The second kappa shape index (κ2) is 11.4. The molecule has 2 aromatic rings. The van der Waals surface area contributed by atoms with E-state index < -0.39 is 0 Å². The predicted molar refractivity (Wildman–Crippen MR) is 121 cm³/mol. The van der Waals surface area contributed by atoms with Crippen LogP contribution >= 0.6 is 35.3 Å². The van der Waals surface area contributed by atoms with Crippen molar-refractivity contribution in [3.8, 4) is 5.75 Å². The molecule has 0 saturated carbocycles. The molecule has 0 aliphatic rings. The first kappa shape index (κ1) is 22.7. The molecule has 1 atom stereocenters. The smallest absolute Gasteiger partial charge is 0.191 e. The Bertz CT molecular complexity index is 717. The van der Waals surface area contributed by atoms with Gasteiger partial charge >= 0.3 is 0 Å². The lowest BCUT2D eigenvalue weighted by atomic mass is 10.1. The average Bonchev–Trinajstić information content (AvgIpc) is 3.01. The number of hydrogen-bond acceptors (Lipinski definition) is 4. The minimum absolute atomic E-state index is 0. The summed E-state index contributed by atoms with van der Waals surface area (Å²) in [4.78, 5) is 9.75. The summed E-state index contributed by atoms with van der Waals surface area (Å²) < 4.78 is 6.07. The summed E-state index contributed by atoms with van der Waals surface area (Å²) in [7, 11) is 1.78. The molecule has 2 N–H and O–H groups in total. The largest absolute Gasteiger partial charge is 0.490 e. The molecule has 0 fully saturated rings. The Morgan fingerprint density at radius 1 is 1.27 bits per heavy atom. The Labute approximate surface area is 177 Å². The zero-order valence-electron chi connectivity index (χ0n) is 16.1. The lowest BCUT2D eigenvalue weighted by Gasteiger charge is -2.18. The Morgan fingerprint density at radius 2 is 2.00 bits per heavy atom. The van der Waals surface area contributed by atoms with Crippen LogP contribution < -0.4 is 15.4 Å². The van der Waals surface area contributed by atoms with E-state index in [2.05, 4.69) is 59.6 Å². The molecule has 7 heteroatoms. The van der Waals surface area contributed by atoms with Gasteiger partial charge in [-0.05, 0) is 38.8 Å². The van der Waals surface area contributed by atoms with Crippen molar-refractivity contribution in [1.82, 2.24) is 15.6 Å². The lowest BCUT2D eigenvalue weighted by Crippen LogP contribution is -2.36. The monoisotopic (exact) mass is 488 g/mol. The topological polar surface area (TPSA) is 58.5 Å². The van der Waals surface area contributed by atoms with Gasteiger partial charge in [-0.15, -0.1) is 35.3 Å². The number of benzene rings is 1. The Kier molecular flexibility index (Phi) is 9.93. The van der Waals surface area contributed by atoms with Gasteiger partial charge in [0.15, 0.2) is 5.96 Å². The molecule has 0 aliphatic carbocycles. The molecule has 2 rings (SSSR count). The third-order valence-electron chi connectivity index (χ3n) is 3.89. The Hall–Kier alpha value is -1.35. The second-order valence-corrected chi connectivity index (χ2v) is 7.39. The Balaban J connectivity index is 0.00000338. The van der Waals surface area contributed by atoms with Crippen molar-refractivity contribution in [2.75, 3.05) is 7.05 Å². The molecule has 1 aromatic heterocycles. The molecule has 0 spiro atoms. The summed E-state index contributed by atoms with van der Waals surface area (Å²) in [5.74, 6) is 1.71. The molecule has 144 valence electrons. The van der Waals surface area contributed by atoms with E-state index in [-0.39, 0.29) is 30.1 Å². The fourth-order valence-corrected chi connectivity index (χ4v) is 3.01. The fraction of sp³-hybridized carbons (Fsp3) is 0.474. The first-order valence-electron chi connectivity index (χ1n) is 8.63. The van der Waals surface area contributed by atoms with Gasteiger partial charge in [0.25, 0.3) is 0 Å². The van der Waals surface area contributed by atoms with Crippen LogP contribution in [0.3, 0.4) is 0 Å².